The van der Waals surface area contributed by atoms with E-state index in [1.165, 1.54) is 37.4 Å². The fourth-order valence-electron chi connectivity index (χ4n) is 5.00. The van der Waals surface area contributed by atoms with E-state index in [0.29, 0.717) is 11.5 Å². The van der Waals surface area contributed by atoms with Crippen molar-refractivity contribution < 1.29 is 4.79 Å². The van der Waals surface area contributed by atoms with Gasteiger partial charge in [0.25, 0.3) is 0 Å². The van der Waals surface area contributed by atoms with E-state index in [0.717, 1.165) is 42.2 Å². The molecule has 1 heterocycles. The van der Waals surface area contributed by atoms with Crippen molar-refractivity contribution in [1.29, 1.82) is 0 Å². The Labute approximate surface area is 117 Å². The number of hydrogen-bond acceptors (Lipinski definition) is 4. The molecule has 1 aromatic heterocycles. The monoisotopic (exact) mass is 277 g/mol. The van der Waals surface area contributed by atoms with E-state index in [-0.39, 0.29) is 5.41 Å². The molecule has 102 valence electrons. The van der Waals surface area contributed by atoms with Gasteiger partial charge in [-0.2, -0.15) is 5.10 Å². The first-order valence-corrected chi connectivity index (χ1v) is 8.23. The Balaban J connectivity index is 1.47. The summed E-state index contributed by atoms with van der Waals surface area (Å²) in [5.41, 5.74) is 0.0295. The van der Waals surface area contributed by atoms with Gasteiger partial charge in [0.1, 0.15) is 12.1 Å². The number of hydrogen-bond donors (Lipinski definition) is 1. The molecule has 1 N–H and O–H groups in total. The van der Waals surface area contributed by atoms with Crippen molar-refractivity contribution in [1.82, 2.24) is 15.2 Å². The lowest BCUT2D eigenvalue weighted by Gasteiger charge is -2.56. The summed E-state index contributed by atoms with van der Waals surface area (Å²) in [7, 11) is 0. The predicted octanol–water partition coefficient (Wildman–Crippen LogP) is 2.68. The normalized spacial score (nSPS) is 39.7. The third-order valence-electron chi connectivity index (χ3n) is 5.36. The van der Waals surface area contributed by atoms with Gasteiger partial charge in [-0.1, -0.05) is 11.8 Å². The first kappa shape index (κ1) is 11.9. The number of aromatic nitrogens is 3. The molecule has 4 aliphatic rings. The van der Waals surface area contributed by atoms with E-state index in [4.69, 9.17) is 0 Å². The van der Waals surface area contributed by atoms with E-state index in [1.54, 1.807) is 0 Å². The number of ketones is 1. The van der Waals surface area contributed by atoms with Crippen LogP contribution < -0.4 is 0 Å². The number of carbonyl (C=O) groups excluding carboxylic acids is 1. The Morgan fingerprint density at radius 1 is 1.26 bits per heavy atom. The second-order valence-corrected chi connectivity index (χ2v) is 7.66. The molecule has 4 aliphatic carbocycles. The van der Waals surface area contributed by atoms with Crippen molar-refractivity contribution in [3.05, 3.63) is 6.33 Å². The van der Waals surface area contributed by atoms with Crippen LogP contribution in [-0.4, -0.2) is 26.7 Å². The van der Waals surface area contributed by atoms with E-state index < -0.39 is 0 Å². The molecule has 0 unspecified atom stereocenters. The van der Waals surface area contributed by atoms with Gasteiger partial charge in [0.2, 0.25) is 0 Å². The van der Waals surface area contributed by atoms with Crippen LogP contribution in [0.2, 0.25) is 0 Å². The topological polar surface area (TPSA) is 58.6 Å². The van der Waals surface area contributed by atoms with E-state index in [1.807, 2.05) is 0 Å². The van der Waals surface area contributed by atoms with Crippen molar-refractivity contribution >= 4 is 17.5 Å². The number of rotatable bonds is 4. The average molecular weight is 277 g/mol. The summed E-state index contributed by atoms with van der Waals surface area (Å²) in [5, 5.41) is 7.40. The van der Waals surface area contributed by atoms with Crippen molar-refractivity contribution in [2.75, 3.05) is 5.75 Å². The van der Waals surface area contributed by atoms with E-state index >= 15 is 0 Å². The zero-order chi connectivity index (χ0) is 12.9. The number of H-pyrrole nitrogens is 1. The molecule has 0 spiro atoms. The lowest BCUT2D eigenvalue weighted by Crippen LogP contribution is -2.50. The Bertz CT molecular complexity index is 450. The van der Waals surface area contributed by atoms with Gasteiger partial charge >= 0.3 is 0 Å². The van der Waals surface area contributed by atoms with Crippen LogP contribution in [0, 0.1) is 23.2 Å². The first-order valence-electron chi connectivity index (χ1n) is 7.25. The maximum Gasteiger partial charge on any atom is 0.183 e. The quantitative estimate of drug-likeness (QED) is 0.860. The largest absolute Gasteiger partial charge is 0.298 e. The zero-order valence-electron chi connectivity index (χ0n) is 11.0. The second kappa shape index (κ2) is 4.33. The Morgan fingerprint density at radius 3 is 2.42 bits per heavy atom. The summed E-state index contributed by atoms with van der Waals surface area (Å²) in [6.07, 6.45) is 9.15. The summed E-state index contributed by atoms with van der Waals surface area (Å²) >= 11 is 1.51. The molecule has 0 atom stereocenters. The molecule has 5 heteroatoms. The molecule has 4 nitrogen and oxygen atoms in total. The second-order valence-electron chi connectivity index (χ2n) is 6.70. The fraction of sp³-hybridized carbons (Fsp3) is 0.786. The summed E-state index contributed by atoms with van der Waals surface area (Å²) in [6, 6.07) is 0. The van der Waals surface area contributed by atoms with Gasteiger partial charge in [0.05, 0.1) is 5.75 Å². The number of aromatic amines is 1. The Morgan fingerprint density at radius 2 is 1.89 bits per heavy atom. The summed E-state index contributed by atoms with van der Waals surface area (Å²) < 4.78 is 0. The maximum atomic E-state index is 12.7. The highest BCUT2D eigenvalue weighted by molar-refractivity contribution is 7.99. The average Bonchev–Trinajstić information content (AvgIpc) is 2.87. The molecule has 19 heavy (non-hydrogen) atoms. The number of carbonyl (C=O) groups is 1. The molecule has 0 radical (unpaired) electrons. The number of thioether (sulfide) groups is 1. The fourth-order valence-corrected chi connectivity index (χ4v) is 5.82. The molecule has 0 aliphatic heterocycles. The predicted molar refractivity (Wildman–Crippen MR) is 72.7 cm³/mol. The molecule has 4 fully saturated rings. The van der Waals surface area contributed by atoms with Gasteiger partial charge in [-0.25, -0.2) is 4.98 Å². The van der Waals surface area contributed by atoms with Gasteiger partial charge in [-0.3, -0.25) is 9.89 Å². The standard InChI is InChI=1S/C14H19N3OS/c18-12(7-19-13-15-8-16-17-13)14-4-9-1-10(5-14)3-11(2-9)6-14/h8-11H,1-7H2,(H,15,16,17). The van der Waals surface area contributed by atoms with Crippen molar-refractivity contribution in [2.24, 2.45) is 23.2 Å². The van der Waals surface area contributed by atoms with Gasteiger partial charge < -0.3 is 0 Å². The van der Waals surface area contributed by atoms with E-state index in [2.05, 4.69) is 15.2 Å². The lowest BCUT2D eigenvalue weighted by atomic mass is 9.48. The minimum atomic E-state index is 0.0295. The van der Waals surface area contributed by atoms with Crippen LogP contribution in [0.1, 0.15) is 38.5 Å². The van der Waals surface area contributed by atoms with E-state index in [9.17, 15) is 4.79 Å². The molecule has 5 rings (SSSR count). The molecule has 1 aromatic rings. The van der Waals surface area contributed by atoms with Crippen LogP contribution in [0.15, 0.2) is 11.5 Å². The van der Waals surface area contributed by atoms with Crippen molar-refractivity contribution in [3.8, 4) is 0 Å². The number of nitrogens with one attached hydrogen (secondary N) is 1. The molecule has 4 bridgehead atoms. The smallest absolute Gasteiger partial charge is 0.183 e. The third kappa shape index (κ3) is 2.02. The SMILES string of the molecule is O=C(CSc1ncn[nH]1)C12CC3CC(CC(C3)C1)C2. The van der Waals surface area contributed by atoms with Crippen LogP contribution in [0.5, 0.6) is 0 Å². The summed E-state index contributed by atoms with van der Waals surface area (Å²) in [5.74, 6) is 3.54. The van der Waals surface area contributed by atoms with Crippen LogP contribution in [-0.2, 0) is 4.79 Å². The maximum absolute atomic E-state index is 12.7. The lowest BCUT2D eigenvalue weighted by molar-refractivity contribution is -0.141. The van der Waals surface area contributed by atoms with Gasteiger partial charge in [0.15, 0.2) is 5.16 Å². The van der Waals surface area contributed by atoms with Gasteiger partial charge in [-0.15, -0.1) is 0 Å². The molecule has 0 saturated heterocycles. The highest BCUT2D eigenvalue weighted by Crippen LogP contribution is 2.60. The highest BCUT2D eigenvalue weighted by atomic mass is 32.2. The third-order valence-corrected chi connectivity index (χ3v) is 6.24. The van der Waals surface area contributed by atoms with Gasteiger partial charge in [-0.05, 0) is 56.3 Å². The Hall–Kier alpha value is -0.840. The number of nitrogens with zero attached hydrogens (tertiary/aromatic N) is 2. The van der Waals surface area contributed by atoms with Crippen LogP contribution in [0.3, 0.4) is 0 Å². The molecular weight excluding hydrogens is 258 g/mol. The molecule has 4 saturated carbocycles. The minimum absolute atomic E-state index is 0.0295. The van der Waals surface area contributed by atoms with Crippen LogP contribution in [0.4, 0.5) is 0 Å². The van der Waals surface area contributed by atoms with Crippen molar-refractivity contribution in [2.45, 2.75) is 43.7 Å². The minimum Gasteiger partial charge on any atom is -0.298 e. The van der Waals surface area contributed by atoms with Crippen LogP contribution in [0.25, 0.3) is 0 Å². The molecule has 0 aromatic carbocycles. The highest BCUT2D eigenvalue weighted by Gasteiger charge is 2.54. The van der Waals surface area contributed by atoms with Gasteiger partial charge in [0, 0.05) is 5.41 Å². The summed E-state index contributed by atoms with van der Waals surface area (Å²) in [4.78, 5) is 16.8. The van der Waals surface area contributed by atoms with Crippen LogP contribution >= 0.6 is 11.8 Å². The number of Topliss-reactive ketones (excluding diaryl/α,β-unsaturated/α-hetero) is 1. The zero-order valence-corrected chi connectivity index (χ0v) is 11.8. The summed E-state index contributed by atoms with van der Waals surface area (Å²) in [6.45, 7) is 0. The van der Waals surface area contributed by atoms with Crippen molar-refractivity contribution in [3.63, 3.8) is 0 Å². The first-order chi connectivity index (χ1) is 9.23. The molecular formula is C14H19N3OS. The Kier molecular flexibility index (Phi) is 2.72. The molecule has 0 amide bonds.